The predicted octanol–water partition coefficient (Wildman–Crippen LogP) is -0.181. The largest absolute Gasteiger partial charge is 0.393 e. The highest BCUT2D eigenvalue weighted by molar-refractivity contribution is 4.96. The summed E-state index contributed by atoms with van der Waals surface area (Å²) in [6.07, 6.45) is 5.71. The molecular weight excluding hydrogens is 140 g/mol. The van der Waals surface area contributed by atoms with Gasteiger partial charge in [-0.15, -0.1) is 0 Å². The highest BCUT2D eigenvalue weighted by Crippen LogP contribution is 2.16. The number of hydrogen-bond donors (Lipinski definition) is 3. The maximum absolute atomic E-state index is 9.27. The van der Waals surface area contributed by atoms with E-state index in [-0.39, 0.29) is 6.10 Å². The predicted molar refractivity (Wildman–Crippen MR) is 44.9 cm³/mol. The Morgan fingerprint density at radius 1 is 1.64 bits per heavy atom. The minimum Gasteiger partial charge on any atom is -0.393 e. The van der Waals surface area contributed by atoms with Gasteiger partial charge >= 0.3 is 0 Å². The Morgan fingerprint density at radius 2 is 2.45 bits per heavy atom. The van der Waals surface area contributed by atoms with Crippen LogP contribution in [-0.2, 0) is 0 Å². The third-order valence-electron chi connectivity index (χ3n) is 1.94. The van der Waals surface area contributed by atoms with Gasteiger partial charge in [0.05, 0.1) is 6.10 Å². The second-order valence-electron chi connectivity index (χ2n) is 2.97. The average molecular weight is 156 g/mol. The monoisotopic (exact) mass is 156 g/mol. The zero-order valence-corrected chi connectivity index (χ0v) is 6.66. The molecule has 1 aliphatic rings. The van der Waals surface area contributed by atoms with Crippen LogP contribution in [0.4, 0.5) is 0 Å². The van der Waals surface area contributed by atoms with Crippen LogP contribution in [0.5, 0.6) is 0 Å². The summed E-state index contributed by atoms with van der Waals surface area (Å²) < 4.78 is 0. The van der Waals surface area contributed by atoms with Crippen molar-refractivity contribution in [2.45, 2.75) is 18.9 Å². The van der Waals surface area contributed by atoms with E-state index in [0.29, 0.717) is 12.6 Å². The molecule has 0 aromatic carbocycles. The zero-order chi connectivity index (χ0) is 8.10. The molecule has 3 heteroatoms. The zero-order valence-electron chi connectivity index (χ0n) is 6.66. The Bertz CT molecular complexity index is 136. The van der Waals surface area contributed by atoms with Crippen molar-refractivity contribution in [1.29, 1.82) is 0 Å². The van der Waals surface area contributed by atoms with Gasteiger partial charge in [-0.2, -0.15) is 0 Å². The van der Waals surface area contributed by atoms with Crippen LogP contribution in [0.2, 0.25) is 0 Å². The summed E-state index contributed by atoms with van der Waals surface area (Å²) in [5.74, 6) is 0.460. The third-order valence-corrected chi connectivity index (χ3v) is 1.94. The second kappa shape index (κ2) is 4.49. The van der Waals surface area contributed by atoms with Crippen LogP contribution in [0.25, 0.3) is 0 Å². The quantitative estimate of drug-likeness (QED) is 0.392. The lowest BCUT2D eigenvalue weighted by atomic mass is 9.94. The molecule has 0 bridgehead atoms. The Hall–Kier alpha value is -0.380. The maximum Gasteiger partial charge on any atom is 0.0580 e. The number of hydrogen-bond acceptors (Lipinski definition) is 3. The van der Waals surface area contributed by atoms with E-state index in [1.54, 1.807) is 0 Å². The average Bonchev–Trinajstić information content (AvgIpc) is 2.01. The van der Waals surface area contributed by atoms with Crippen LogP contribution in [0.3, 0.4) is 0 Å². The third kappa shape index (κ3) is 3.01. The fraction of sp³-hybridized carbons (Fsp3) is 0.750. The molecule has 0 radical (unpaired) electrons. The van der Waals surface area contributed by atoms with Crippen molar-refractivity contribution < 1.29 is 5.11 Å². The number of nitrogens with two attached hydrogens (primary N) is 1. The van der Waals surface area contributed by atoms with Crippen molar-refractivity contribution in [2.24, 2.45) is 11.7 Å². The normalized spacial score (nSPS) is 30.7. The molecule has 0 spiro atoms. The molecule has 11 heavy (non-hydrogen) atoms. The van der Waals surface area contributed by atoms with Gasteiger partial charge in [0.1, 0.15) is 0 Å². The lowest BCUT2D eigenvalue weighted by Crippen LogP contribution is -2.30. The van der Waals surface area contributed by atoms with E-state index in [4.69, 9.17) is 5.73 Å². The lowest BCUT2D eigenvalue weighted by Gasteiger charge is -2.20. The summed E-state index contributed by atoms with van der Waals surface area (Å²) in [6, 6.07) is 0. The van der Waals surface area contributed by atoms with Crippen LogP contribution >= 0.6 is 0 Å². The van der Waals surface area contributed by atoms with Crippen molar-refractivity contribution in [3.63, 3.8) is 0 Å². The van der Waals surface area contributed by atoms with Crippen molar-refractivity contribution in [1.82, 2.24) is 5.32 Å². The summed E-state index contributed by atoms with van der Waals surface area (Å²) in [4.78, 5) is 0. The number of aliphatic hydroxyl groups excluding tert-OH is 1. The first-order valence-electron chi connectivity index (χ1n) is 4.08. The molecule has 0 aromatic rings. The molecular formula is C8H16N2O. The van der Waals surface area contributed by atoms with Crippen molar-refractivity contribution in [3.8, 4) is 0 Å². The summed E-state index contributed by atoms with van der Waals surface area (Å²) >= 11 is 0. The van der Waals surface area contributed by atoms with Gasteiger partial charge in [-0.3, -0.25) is 0 Å². The van der Waals surface area contributed by atoms with Gasteiger partial charge in [0, 0.05) is 13.2 Å². The van der Waals surface area contributed by atoms with Crippen molar-refractivity contribution >= 4 is 0 Å². The molecule has 0 aliphatic heterocycles. The molecule has 0 heterocycles. The summed E-state index contributed by atoms with van der Waals surface area (Å²) in [6.45, 7) is 1.39. The Morgan fingerprint density at radius 3 is 3.09 bits per heavy atom. The van der Waals surface area contributed by atoms with Crippen LogP contribution in [0, 0.1) is 5.92 Å². The first-order chi connectivity index (χ1) is 5.33. The van der Waals surface area contributed by atoms with Crippen molar-refractivity contribution in [2.75, 3.05) is 13.2 Å². The summed E-state index contributed by atoms with van der Waals surface area (Å²) in [5, 5.41) is 12.3. The minimum absolute atomic E-state index is 0.149. The van der Waals surface area contributed by atoms with E-state index < -0.39 is 0 Å². The van der Waals surface area contributed by atoms with Crippen LogP contribution in [0.15, 0.2) is 12.2 Å². The highest BCUT2D eigenvalue weighted by Gasteiger charge is 2.14. The molecule has 2 atom stereocenters. The molecule has 4 N–H and O–H groups in total. The smallest absolute Gasteiger partial charge is 0.0580 e. The van der Waals surface area contributed by atoms with Crippen molar-refractivity contribution in [3.05, 3.63) is 12.2 Å². The van der Waals surface area contributed by atoms with E-state index >= 15 is 0 Å². The maximum atomic E-state index is 9.27. The van der Waals surface area contributed by atoms with Gasteiger partial charge in [0.2, 0.25) is 0 Å². The molecule has 0 amide bonds. The SMILES string of the molecule is NCNC[C@H]1C=CCC(O)C1. The molecule has 0 aromatic heterocycles. The van der Waals surface area contributed by atoms with Gasteiger partial charge in [0.15, 0.2) is 0 Å². The van der Waals surface area contributed by atoms with E-state index in [0.717, 1.165) is 19.4 Å². The molecule has 3 nitrogen and oxygen atoms in total. The highest BCUT2D eigenvalue weighted by atomic mass is 16.3. The van der Waals surface area contributed by atoms with Crippen LogP contribution in [0.1, 0.15) is 12.8 Å². The van der Waals surface area contributed by atoms with Crippen LogP contribution in [-0.4, -0.2) is 24.4 Å². The lowest BCUT2D eigenvalue weighted by molar-refractivity contribution is 0.146. The van der Waals surface area contributed by atoms with Gasteiger partial charge < -0.3 is 16.2 Å². The topological polar surface area (TPSA) is 58.3 Å². The molecule has 1 unspecified atom stereocenters. The number of nitrogens with one attached hydrogen (secondary N) is 1. The van der Waals surface area contributed by atoms with E-state index in [1.807, 2.05) is 6.08 Å². The fourth-order valence-corrected chi connectivity index (χ4v) is 1.37. The fourth-order valence-electron chi connectivity index (χ4n) is 1.37. The van der Waals surface area contributed by atoms with E-state index in [9.17, 15) is 5.11 Å². The van der Waals surface area contributed by atoms with E-state index in [1.165, 1.54) is 0 Å². The molecule has 0 fully saturated rings. The van der Waals surface area contributed by atoms with E-state index in [2.05, 4.69) is 11.4 Å². The summed E-state index contributed by atoms with van der Waals surface area (Å²) in [7, 11) is 0. The number of rotatable bonds is 3. The molecule has 0 saturated carbocycles. The second-order valence-corrected chi connectivity index (χ2v) is 2.97. The van der Waals surface area contributed by atoms with Gasteiger partial charge in [-0.05, 0) is 18.8 Å². The first-order valence-corrected chi connectivity index (χ1v) is 4.08. The summed E-state index contributed by atoms with van der Waals surface area (Å²) in [5.41, 5.74) is 5.28. The van der Waals surface area contributed by atoms with Gasteiger partial charge in [-0.1, -0.05) is 12.2 Å². The standard InChI is InChI=1S/C8H16N2O/c9-6-10-5-7-2-1-3-8(11)4-7/h1-2,7-8,10-11H,3-6,9H2/t7-,8?/m0/s1. The molecule has 1 aliphatic carbocycles. The van der Waals surface area contributed by atoms with Crippen LogP contribution < -0.4 is 11.1 Å². The molecule has 64 valence electrons. The van der Waals surface area contributed by atoms with Gasteiger partial charge in [0.25, 0.3) is 0 Å². The van der Waals surface area contributed by atoms with Gasteiger partial charge in [-0.25, -0.2) is 0 Å². The molecule has 1 rings (SSSR count). The Labute approximate surface area is 67.3 Å². The Kier molecular flexibility index (Phi) is 3.56. The Balaban J connectivity index is 2.23. The minimum atomic E-state index is -0.149. The first kappa shape index (κ1) is 8.71. The number of aliphatic hydroxyl groups is 1. The molecule has 0 saturated heterocycles.